The Balaban J connectivity index is 2.72. The van der Waals surface area contributed by atoms with Crippen LogP contribution in [0.25, 0.3) is 0 Å². The van der Waals surface area contributed by atoms with Crippen molar-refractivity contribution in [2.75, 3.05) is 0 Å². The summed E-state index contributed by atoms with van der Waals surface area (Å²) < 4.78 is 0. The SMILES string of the molecule is Cc1ncc(C(O)c2cccc([N+](=O)[O-])c2[N+](=O)[O-])c(C=O)c1O. The largest absolute Gasteiger partial charge is 0.505 e. The zero-order valence-corrected chi connectivity index (χ0v) is 12.2. The number of nitro benzene ring substituents is 2. The molecule has 124 valence electrons. The summed E-state index contributed by atoms with van der Waals surface area (Å²) >= 11 is 0. The van der Waals surface area contributed by atoms with E-state index < -0.39 is 33.1 Å². The number of rotatable bonds is 5. The highest BCUT2D eigenvalue weighted by atomic mass is 16.6. The highest BCUT2D eigenvalue weighted by Crippen LogP contribution is 2.38. The van der Waals surface area contributed by atoms with E-state index in [0.29, 0.717) is 0 Å². The van der Waals surface area contributed by atoms with E-state index >= 15 is 0 Å². The number of aromatic nitrogens is 1. The molecule has 0 radical (unpaired) electrons. The van der Waals surface area contributed by atoms with Crippen molar-refractivity contribution in [1.82, 2.24) is 4.98 Å². The van der Waals surface area contributed by atoms with Crippen LogP contribution in [0.1, 0.15) is 33.3 Å². The van der Waals surface area contributed by atoms with Crippen LogP contribution in [0.4, 0.5) is 11.4 Å². The molecule has 0 amide bonds. The lowest BCUT2D eigenvalue weighted by Crippen LogP contribution is -2.09. The molecule has 0 spiro atoms. The third-order valence-electron chi connectivity index (χ3n) is 3.44. The molecule has 0 aliphatic heterocycles. The van der Waals surface area contributed by atoms with Crippen LogP contribution in [0.15, 0.2) is 24.4 Å². The number of hydrogen-bond donors (Lipinski definition) is 2. The van der Waals surface area contributed by atoms with E-state index in [2.05, 4.69) is 4.98 Å². The second-order valence-corrected chi connectivity index (χ2v) is 4.81. The van der Waals surface area contributed by atoms with Crippen molar-refractivity contribution in [3.05, 3.63) is 67.0 Å². The topological polar surface area (TPSA) is 157 Å². The number of carbonyl (C=O) groups excluding carboxylic acids is 1. The Bertz CT molecular complexity index is 851. The van der Waals surface area contributed by atoms with Gasteiger partial charge >= 0.3 is 11.4 Å². The fraction of sp³-hybridized carbons (Fsp3) is 0.143. The van der Waals surface area contributed by atoms with Gasteiger partial charge in [0, 0.05) is 17.8 Å². The Morgan fingerprint density at radius 2 is 1.88 bits per heavy atom. The summed E-state index contributed by atoms with van der Waals surface area (Å²) in [4.78, 5) is 35.2. The molecule has 1 heterocycles. The Morgan fingerprint density at radius 1 is 1.21 bits per heavy atom. The molecule has 24 heavy (non-hydrogen) atoms. The molecule has 2 rings (SSSR count). The number of aromatic hydroxyl groups is 1. The molecule has 2 N–H and O–H groups in total. The smallest absolute Gasteiger partial charge is 0.352 e. The van der Waals surface area contributed by atoms with Gasteiger partial charge in [-0.05, 0) is 13.0 Å². The Labute approximate surface area is 134 Å². The standard InChI is InChI=1S/C14H11N3O7/c1-7-13(19)10(6-18)9(5-15-7)14(20)8-3-2-4-11(16(21)22)12(8)17(23)24/h2-6,14,19-20H,1H3. The van der Waals surface area contributed by atoms with E-state index in [0.717, 1.165) is 18.3 Å². The Hall–Kier alpha value is -3.40. The lowest BCUT2D eigenvalue weighted by Gasteiger charge is -2.15. The fourth-order valence-electron chi connectivity index (χ4n) is 2.25. The molecule has 1 atom stereocenters. The van der Waals surface area contributed by atoms with Crippen molar-refractivity contribution in [3.8, 4) is 5.75 Å². The maximum atomic E-state index is 11.2. The van der Waals surface area contributed by atoms with Gasteiger partial charge in [0.1, 0.15) is 11.9 Å². The van der Waals surface area contributed by atoms with Gasteiger partial charge in [-0.25, -0.2) is 0 Å². The minimum Gasteiger partial charge on any atom is -0.505 e. The van der Waals surface area contributed by atoms with Crippen molar-refractivity contribution in [1.29, 1.82) is 0 Å². The van der Waals surface area contributed by atoms with Gasteiger partial charge in [-0.3, -0.25) is 30.0 Å². The molecule has 0 aliphatic carbocycles. The quantitative estimate of drug-likeness (QED) is 0.476. The van der Waals surface area contributed by atoms with Crippen molar-refractivity contribution in [3.63, 3.8) is 0 Å². The number of para-hydroxylation sites is 1. The number of aliphatic hydroxyl groups is 1. The fourth-order valence-corrected chi connectivity index (χ4v) is 2.25. The molecule has 0 bridgehead atoms. The first-order valence-electron chi connectivity index (χ1n) is 6.53. The first-order valence-corrected chi connectivity index (χ1v) is 6.53. The summed E-state index contributed by atoms with van der Waals surface area (Å²) in [5, 5.41) is 42.5. The van der Waals surface area contributed by atoms with E-state index in [-0.39, 0.29) is 28.7 Å². The molecule has 0 aliphatic rings. The predicted octanol–water partition coefficient (Wildman–Crippen LogP) is 1.81. The first kappa shape index (κ1) is 17.0. The number of aliphatic hydroxyl groups excluding tert-OH is 1. The number of aldehydes is 1. The van der Waals surface area contributed by atoms with E-state index in [1.54, 1.807) is 0 Å². The summed E-state index contributed by atoms with van der Waals surface area (Å²) in [5.41, 5.74) is -2.45. The van der Waals surface area contributed by atoms with E-state index in [1.807, 2.05) is 0 Å². The molecular formula is C14H11N3O7. The molecule has 10 nitrogen and oxygen atoms in total. The maximum absolute atomic E-state index is 11.2. The van der Waals surface area contributed by atoms with Crippen LogP contribution < -0.4 is 0 Å². The summed E-state index contributed by atoms with van der Waals surface area (Å²) in [6.07, 6.45) is -0.415. The number of aryl methyl sites for hydroxylation is 1. The van der Waals surface area contributed by atoms with E-state index in [9.17, 15) is 35.2 Å². The number of benzene rings is 1. The number of pyridine rings is 1. The molecule has 1 aromatic carbocycles. The van der Waals surface area contributed by atoms with Gasteiger partial charge in [0.15, 0.2) is 6.29 Å². The van der Waals surface area contributed by atoms with Gasteiger partial charge in [-0.1, -0.05) is 6.07 Å². The Kier molecular flexibility index (Phi) is 4.51. The van der Waals surface area contributed by atoms with Crippen molar-refractivity contribution in [2.24, 2.45) is 0 Å². The highest BCUT2D eigenvalue weighted by molar-refractivity contribution is 5.82. The van der Waals surface area contributed by atoms with Crippen LogP contribution in [0.2, 0.25) is 0 Å². The second-order valence-electron chi connectivity index (χ2n) is 4.81. The minimum atomic E-state index is -1.76. The van der Waals surface area contributed by atoms with E-state index in [1.165, 1.54) is 13.0 Å². The number of carbonyl (C=O) groups is 1. The van der Waals surface area contributed by atoms with E-state index in [4.69, 9.17) is 0 Å². The van der Waals surface area contributed by atoms with Gasteiger partial charge in [-0.15, -0.1) is 0 Å². The average molecular weight is 333 g/mol. The monoisotopic (exact) mass is 333 g/mol. The Morgan fingerprint density at radius 3 is 2.42 bits per heavy atom. The van der Waals surface area contributed by atoms with Gasteiger partial charge in [-0.2, -0.15) is 0 Å². The highest BCUT2D eigenvalue weighted by Gasteiger charge is 2.33. The molecule has 10 heteroatoms. The minimum absolute atomic E-state index is 0.126. The lowest BCUT2D eigenvalue weighted by atomic mass is 9.96. The summed E-state index contributed by atoms with van der Waals surface area (Å²) in [6, 6.07) is 3.23. The van der Waals surface area contributed by atoms with Crippen LogP contribution >= 0.6 is 0 Å². The number of nitro groups is 2. The van der Waals surface area contributed by atoms with Crippen molar-refractivity contribution in [2.45, 2.75) is 13.0 Å². The molecule has 1 unspecified atom stereocenters. The lowest BCUT2D eigenvalue weighted by molar-refractivity contribution is -0.423. The second kappa shape index (κ2) is 6.38. The summed E-state index contributed by atoms with van der Waals surface area (Å²) in [7, 11) is 0. The summed E-state index contributed by atoms with van der Waals surface area (Å²) in [6.45, 7) is 1.42. The van der Waals surface area contributed by atoms with Crippen LogP contribution in [0.3, 0.4) is 0 Å². The molecule has 2 aromatic rings. The molecular weight excluding hydrogens is 322 g/mol. The number of hydrogen-bond acceptors (Lipinski definition) is 8. The van der Waals surface area contributed by atoms with Crippen LogP contribution in [0.5, 0.6) is 5.75 Å². The van der Waals surface area contributed by atoms with Crippen LogP contribution in [-0.2, 0) is 0 Å². The molecule has 0 saturated carbocycles. The maximum Gasteiger partial charge on any atom is 0.352 e. The molecule has 0 fully saturated rings. The van der Waals surface area contributed by atoms with Gasteiger partial charge in [0.25, 0.3) is 0 Å². The van der Waals surface area contributed by atoms with Gasteiger partial charge < -0.3 is 10.2 Å². The zero-order chi connectivity index (χ0) is 18.0. The normalized spacial score (nSPS) is 11.8. The average Bonchev–Trinajstić information content (AvgIpc) is 2.55. The van der Waals surface area contributed by atoms with Gasteiger partial charge in [0.05, 0.1) is 26.7 Å². The third kappa shape index (κ3) is 2.77. The first-order chi connectivity index (χ1) is 11.3. The molecule has 0 saturated heterocycles. The van der Waals surface area contributed by atoms with Crippen LogP contribution in [-0.4, -0.2) is 31.3 Å². The van der Waals surface area contributed by atoms with Crippen LogP contribution in [0, 0.1) is 27.2 Å². The van der Waals surface area contributed by atoms with Gasteiger partial charge in [0.2, 0.25) is 0 Å². The summed E-state index contributed by atoms with van der Waals surface area (Å²) in [5.74, 6) is -0.477. The molecule has 1 aromatic heterocycles. The number of nitrogens with zero attached hydrogens (tertiary/aromatic N) is 3. The zero-order valence-electron chi connectivity index (χ0n) is 12.2. The van der Waals surface area contributed by atoms with Crippen molar-refractivity contribution < 1.29 is 24.9 Å². The third-order valence-corrected chi connectivity index (χ3v) is 3.44. The predicted molar refractivity (Wildman–Crippen MR) is 79.8 cm³/mol. The van der Waals surface area contributed by atoms with Crippen molar-refractivity contribution >= 4 is 17.7 Å².